The van der Waals surface area contributed by atoms with Crippen LogP contribution in [-0.4, -0.2) is 32.0 Å². The highest BCUT2D eigenvalue weighted by molar-refractivity contribution is 7.85. The quantitative estimate of drug-likeness (QED) is 0.804. The minimum atomic E-state index is -4.02. The second-order valence-corrected chi connectivity index (χ2v) is 4.89. The summed E-state index contributed by atoms with van der Waals surface area (Å²) in [4.78, 5) is 9.98. The highest BCUT2D eigenvalue weighted by atomic mass is 32.2. The Balaban J connectivity index is 0.000000360. The second-order valence-electron chi connectivity index (χ2n) is 3.47. The standard InChI is InChI=1S/C7H8O3S.C4H8FNO/c1-6-2-4-7(5-3-6)11(8,9)10;5-2-1-4(7)3-6/h2-5H,1H3,(H,8,9,10);1-3,6H2. The third-order valence-electron chi connectivity index (χ3n) is 1.92. The summed E-state index contributed by atoms with van der Waals surface area (Å²) in [5.74, 6) is -0.220. The van der Waals surface area contributed by atoms with Crippen molar-refractivity contribution in [3.8, 4) is 0 Å². The normalized spacial score (nSPS) is 10.4. The van der Waals surface area contributed by atoms with Gasteiger partial charge in [-0.1, -0.05) is 17.7 Å². The van der Waals surface area contributed by atoms with Gasteiger partial charge < -0.3 is 5.73 Å². The van der Waals surface area contributed by atoms with E-state index in [4.69, 9.17) is 10.3 Å². The lowest BCUT2D eigenvalue weighted by atomic mass is 10.2. The first-order valence-corrected chi connectivity index (χ1v) is 6.57. The average Bonchev–Trinajstić information content (AvgIpc) is 2.29. The number of rotatable bonds is 4. The molecule has 3 N–H and O–H groups in total. The molecule has 0 saturated heterocycles. The van der Waals surface area contributed by atoms with Gasteiger partial charge >= 0.3 is 0 Å². The summed E-state index contributed by atoms with van der Waals surface area (Å²) in [6.07, 6.45) is -0.0312. The number of ketones is 1. The highest BCUT2D eigenvalue weighted by Crippen LogP contribution is 2.08. The first-order chi connectivity index (χ1) is 8.31. The van der Waals surface area contributed by atoms with E-state index in [1.807, 2.05) is 6.92 Å². The number of carbonyl (C=O) groups is 1. The van der Waals surface area contributed by atoms with Crippen LogP contribution in [0.15, 0.2) is 29.2 Å². The van der Waals surface area contributed by atoms with Crippen LogP contribution >= 0.6 is 0 Å². The van der Waals surface area contributed by atoms with Gasteiger partial charge in [-0.25, -0.2) is 0 Å². The fourth-order valence-electron chi connectivity index (χ4n) is 0.918. The summed E-state index contributed by atoms with van der Waals surface area (Å²) >= 11 is 0. The summed E-state index contributed by atoms with van der Waals surface area (Å²) in [6.45, 7) is 1.22. The lowest BCUT2D eigenvalue weighted by molar-refractivity contribution is -0.117. The third kappa shape index (κ3) is 7.10. The van der Waals surface area contributed by atoms with E-state index in [1.165, 1.54) is 12.1 Å². The van der Waals surface area contributed by atoms with Gasteiger partial charge in [0, 0.05) is 6.42 Å². The number of Topliss-reactive ketones (excluding diaryl/α,β-unsaturated/α-hetero) is 1. The van der Waals surface area contributed by atoms with E-state index in [2.05, 4.69) is 0 Å². The molecule has 1 aromatic carbocycles. The Bertz CT molecular complexity index is 470. The molecule has 0 atom stereocenters. The van der Waals surface area contributed by atoms with Crippen molar-refractivity contribution in [3.05, 3.63) is 29.8 Å². The first kappa shape index (κ1) is 16.7. The molecule has 0 fully saturated rings. The Kier molecular flexibility index (Phi) is 7.33. The predicted molar refractivity (Wildman–Crippen MR) is 65.6 cm³/mol. The van der Waals surface area contributed by atoms with Gasteiger partial charge in [-0.3, -0.25) is 13.7 Å². The molecular weight excluding hydrogens is 261 g/mol. The molecule has 0 bridgehead atoms. The van der Waals surface area contributed by atoms with E-state index in [0.29, 0.717) is 0 Å². The Morgan fingerprint density at radius 2 is 1.83 bits per heavy atom. The second kappa shape index (κ2) is 7.91. The van der Waals surface area contributed by atoms with Crippen molar-refractivity contribution >= 4 is 15.9 Å². The highest BCUT2D eigenvalue weighted by Gasteiger charge is 2.06. The third-order valence-corrected chi connectivity index (χ3v) is 2.79. The van der Waals surface area contributed by atoms with Gasteiger partial charge in [-0.05, 0) is 19.1 Å². The van der Waals surface area contributed by atoms with Crippen LogP contribution in [0.2, 0.25) is 0 Å². The molecule has 102 valence electrons. The molecule has 7 heteroatoms. The molecule has 1 aromatic rings. The topological polar surface area (TPSA) is 97.5 Å². The van der Waals surface area contributed by atoms with Crippen molar-refractivity contribution in [2.75, 3.05) is 13.2 Å². The van der Waals surface area contributed by atoms with Crippen molar-refractivity contribution in [2.24, 2.45) is 5.73 Å². The van der Waals surface area contributed by atoms with Crippen molar-refractivity contribution in [3.63, 3.8) is 0 Å². The summed E-state index contributed by atoms with van der Waals surface area (Å²) in [7, 11) is -4.02. The number of aryl methyl sites for hydroxylation is 1. The Labute approximate surface area is 106 Å². The number of nitrogens with two attached hydrogens (primary N) is 1. The maximum atomic E-state index is 11.2. The summed E-state index contributed by atoms with van der Waals surface area (Å²) < 4.78 is 40.7. The fraction of sp³-hybridized carbons (Fsp3) is 0.364. The molecule has 1 rings (SSSR count). The number of hydrogen-bond donors (Lipinski definition) is 2. The zero-order valence-electron chi connectivity index (χ0n) is 9.97. The minimum absolute atomic E-state index is 0.0312. The van der Waals surface area contributed by atoms with Crippen LogP contribution < -0.4 is 5.73 Å². The molecule has 0 heterocycles. The maximum Gasteiger partial charge on any atom is 0.294 e. The van der Waals surface area contributed by atoms with E-state index in [9.17, 15) is 17.6 Å². The van der Waals surface area contributed by atoms with E-state index in [-0.39, 0.29) is 23.6 Å². The Hall–Kier alpha value is -1.31. The van der Waals surface area contributed by atoms with Crippen LogP contribution in [0.3, 0.4) is 0 Å². The summed E-state index contributed by atoms with van der Waals surface area (Å²) in [6, 6.07) is 5.99. The van der Waals surface area contributed by atoms with E-state index in [1.54, 1.807) is 12.1 Å². The number of alkyl halides is 1. The molecule has 0 aromatic heterocycles. The van der Waals surface area contributed by atoms with Crippen LogP contribution in [-0.2, 0) is 14.9 Å². The molecule has 0 aliphatic heterocycles. The molecule has 0 aliphatic carbocycles. The van der Waals surface area contributed by atoms with Crippen molar-refractivity contribution in [1.82, 2.24) is 0 Å². The zero-order valence-corrected chi connectivity index (χ0v) is 10.8. The maximum absolute atomic E-state index is 11.2. The summed E-state index contributed by atoms with van der Waals surface area (Å²) in [5, 5.41) is 0. The van der Waals surface area contributed by atoms with Crippen LogP contribution in [0.4, 0.5) is 4.39 Å². The van der Waals surface area contributed by atoms with Gasteiger partial charge in [0.2, 0.25) is 0 Å². The van der Waals surface area contributed by atoms with E-state index < -0.39 is 16.8 Å². The molecular formula is C11H16FNO4S. The van der Waals surface area contributed by atoms with Crippen LogP contribution in [0, 0.1) is 6.92 Å². The molecule has 0 saturated carbocycles. The fourth-order valence-corrected chi connectivity index (χ4v) is 1.40. The van der Waals surface area contributed by atoms with Crippen LogP contribution in [0.25, 0.3) is 0 Å². The van der Waals surface area contributed by atoms with Gasteiger partial charge in [0.25, 0.3) is 10.1 Å². The number of benzene rings is 1. The van der Waals surface area contributed by atoms with Crippen LogP contribution in [0.1, 0.15) is 12.0 Å². The van der Waals surface area contributed by atoms with E-state index >= 15 is 0 Å². The lowest BCUT2D eigenvalue weighted by Crippen LogP contribution is -2.13. The lowest BCUT2D eigenvalue weighted by Gasteiger charge is -1.95. The summed E-state index contributed by atoms with van der Waals surface area (Å²) in [5.41, 5.74) is 5.80. The first-order valence-electron chi connectivity index (χ1n) is 5.13. The van der Waals surface area contributed by atoms with Gasteiger partial charge in [0.15, 0.2) is 0 Å². The van der Waals surface area contributed by atoms with Crippen LogP contribution in [0.5, 0.6) is 0 Å². The largest absolute Gasteiger partial charge is 0.324 e. The number of halogens is 1. The van der Waals surface area contributed by atoms with Crippen molar-refractivity contribution in [1.29, 1.82) is 0 Å². The molecule has 0 aliphatic rings. The monoisotopic (exact) mass is 277 g/mol. The number of carbonyl (C=O) groups excluding carboxylic acids is 1. The molecule has 5 nitrogen and oxygen atoms in total. The molecule has 18 heavy (non-hydrogen) atoms. The smallest absolute Gasteiger partial charge is 0.294 e. The zero-order chi connectivity index (χ0) is 14.2. The van der Waals surface area contributed by atoms with Gasteiger partial charge in [0.1, 0.15) is 5.78 Å². The average molecular weight is 277 g/mol. The SMILES string of the molecule is Cc1ccc(S(=O)(=O)O)cc1.NCC(=O)CCF. The van der Waals surface area contributed by atoms with E-state index in [0.717, 1.165) is 5.56 Å². The van der Waals surface area contributed by atoms with Gasteiger partial charge in [-0.2, -0.15) is 8.42 Å². The molecule has 0 radical (unpaired) electrons. The minimum Gasteiger partial charge on any atom is -0.324 e. The number of hydrogen-bond acceptors (Lipinski definition) is 4. The predicted octanol–water partition coefficient (Wildman–Crippen LogP) is 1.12. The van der Waals surface area contributed by atoms with Gasteiger partial charge in [-0.15, -0.1) is 0 Å². The molecule has 0 spiro atoms. The molecule has 0 amide bonds. The van der Waals surface area contributed by atoms with Crippen molar-refractivity contribution < 1.29 is 22.2 Å². The Morgan fingerprint density at radius 3 is 2.11 bits per heavy atom. The Morgan fingerprint density at radius 1 is 1.33 bits per heavy atom. The van der Waals surface area contributed by atoms with Crippen molar-refractivity contribution in [2.45, 2.75) is 18.2 Å². The van der Waals surface area contributed by atoms with Gasteiger partial charge in [0.05, 0.1) is 18.1 Å². The molecule has 0 unspecified atom stereocenters.